The first-order chi connectivity index (χ1) is 12.3. The average Bonchev–Trinajstić information content (AvgIpc) is 3.19. The van der Waals surface area contributed by atoms with Crippen LogP contribution in [0, 0.1) is 3.57 Å². The van der Waals surface area contributed by atoms with E-state index in [0.29, 0.717) is 6.04 Å². The Bertz CT molecular complexity index is 1050. The van der Waals surface area contributed by atoms with Gasteiger partial charge in [0.2, 0.25) is 0 Å². The molecule has 1 aromatic carbocycles. The summed E-state index contributed by atoms with van der Waals surface area (Å²) in [6.45, 7) is 0.766. The number of hydrogen-bond acceptors (Lipinski definition) is 3. The van der Waals surface area contributed by atoms with Gasteiger partial charge in [-0.05, 0) is 65.3 Å². The van der Waals surface area contributed by atoms with Gasteiger partial charge in [0.05, 0.1) is 23.9 Å². The highest BCUT2D eigenvalue weighted by Gasteiger charge is 2.28. The SMILES string of the molecule is Ic1ccc2nc(-c3cncc(Cn4ccnc4)c3)n(C3CC3)c2c1. The van der Waals surface area contributed by atoms with Crippen LogP contribution in [-0.2, 0) is 6.54 Å². The molecule has 0 bridgehead atoms. The van der Waals surface area contributed by atoms with Crippen LogP contribution >= 0.6 is 22.6 Å². The normalized spacial score (nSPS) is 14.3. The number of hydrogen-bond donors (Lipinski definition) is 0. The maximum absolute atomic E-state index is 4.92. The van der Waals surface area contributed by atoms with E-state index in [-0.39, 0.29) is 0 Å². The summed E-state index contributed by atoms with van der Waals surface area (Å²) in [5, 5.41) is 0. The number of fused-ring (bicyclic) bond motifs is 1. The smallest absolute Gasteiger partial charge is 0.142 e. The van der Waals surface area contributed by atoms with Crippen LogP contribution in [0.4, 0.5) is 0 Å². The Labute approximate surface area is 158 Å². The Morgan fingerprint density at radius 1 is 1.12 bits per heavy atom. The molecule has 4 aromatic rings. The summed E-state index contributed by atoms with van der Waals surface area (Å²) in [6.07, 6.45) is 11.9. The second-order valence-electron chi connectivity index (χ2n) is 6.49. The van der Waals surface area contributed by atoms with Crippen LogP contribution in [0.5, 0.6) is 0 Å². The third-order valence-electron chi connectivity index (χ3n) is 4.54. The summed E-state index contributed by atoms with van der Waals surface area (Å²) in [6, 6.07) is 9.22. The van der Waals surface area contributed by atoms with Crippen molar-refractivity contribution < 1.29 is 0 Å². The van der Waals surface area contributed by atoms with E-state index >= 15 is 0 Å². The first kappa shape index (κ1) is 15.1. The quantitative estimate of drug-likeness (QED) is 0.445. The number of imidazole rings is 2. The first-order valence-corrected chi connectivity index (χ1v) is 9.43. The van der Waals surface area contributed by atoms with Crippen molar-refractivity contribution in [1.82, 2.24) is 24.1 Å². The molecular formula is C19H16IN5. The van der Waals surface area contributed by atoms with Crippen molar-refractivity contribution in [2.75, 3.05) is 0 Å². The van der Waals surface area contributed by atoms with Gasteiger partial charge in [0.15, 0.2) is 0 Å². The summed E-state index contributed by atoms with van der Waals surface area (Å²) < 4.78 is 5.69. The van der Waals surface area contributed by atoms with Crippen molar-refractivity contribution in [3.63, 3.8) is 0 Å². The summed E-state index contributed by atoms with van der Waals surface area (Å²) in [5.41, 5.74) is 4.52. The van der Waals surface area contributed by atoms with Gasteiger partial charge in [-0.3, -0.25) is 4.98 Å². The lowest BCUT2D eigenvalue weighted by molar-refractivity contribution is 0.772. The molecule has 0 spiro atoms. The Kier molecular flexibility index (Phi) is 3.58. The topological polar surface area (TPSA) is 48.5 Å². The van der Waals surface area contributed by atoms with Gasteiger partial charge < -0.3 is 9.13 Å². The Morgan fingerprint density at radius 2 is 2.04 bits per heavy atom. The first-order valence-electron chi connectivity index (χ1n) is 8.35. The van der Waals surface area contributed by atoms with E-state index in [9.17, 15) is 0 Å². The van der Waals surface area contributed by atoms with Crippen LogP contribution in [0.1, 0.15) is 24.4 Å². The molecule has 0 amide bonds. The lowest BCUT2D eigenvalue weighted by atomic mass is 10.2. The summed E-state index contributed by atoms with van der Waals surface area (Å²) in [7, 11) is 0. The minimum Gasteiger partial charge on any atom is -0.333 e. The van der Waals surface area contributed by atoms with E-state index in [1.165, 1.54) is 21.9 Å². The number of halogens is 1. The van der Waals surface area contributed by atoms with Crippen LogP contribution in [0.2, 0.25) is 0 Å². The molecule has 0 atom stereocenters. The van der Waals surface area contributed by atoms with Crippen LogP contribution in [0.25, 0.3) is 22.4 Å². The summed E-state index contributed by atoms with van der Waals surface area (Å²) in [4.78, 5) is 13.5. The van der Waals surface area contributed by atoms with Crippen LogP contribution in [0.3, 0.4) is 0 Å². The van der Waals surface area contributed by atoms with E-state index in [2.05, 4.69) is 61.4 Å². The van der Waals surface area contributed by atoms with Gasteiger partial charge in [-0.1, -0.05) is 0 Å². The van der Waals surface area contributed by atoms with Crippen molar-refractivity contribution in [2.45, 2.75) is 25.4 Å². The van der Waals surface area contributed by atoms with Gasteiger partial charge >= 0.3 is 0 Å². The molecule has 1 fully saturated rings. The molecule has 1 aliphatic rings. The number of rotatable bonds is 4. The molecule has 0 aliphatic heterocycles. The molecule has 3 heterocycles. The predicted octanol–water partition coefficient (Wildman–Crippen LogP) is 4.28. The van der Waals surface area contributed by atoms with Crippen molar-refractivity contribution in [3.05, 3.63) is 64.5 Å². The van der Waals surface area contributed by atoms with E-state index < -0.39 is 0 Å². The van der Waals surface area contributed by atoms with Gasteiger partial charge in [-0.15, -0.1) is 0 Å². The highest BCUT2D eigenvalue weighted by molar-refractivity contribution is 14.1. The molecule has 0 unspecified atom stereocenters. The monoisotopic (exact) mass is 441 g/mol. The van der Waals surface area contributed by atoms with Crippen LogP contribution < -0.4 is 0 Å². The second kappa shape index (κ2) is 5.94. The number of pyridine rings is 1. The summed E-state index contributed by atoms with van der Waals surface area (Å²) >= 11 is 2.37. The average molecular weight is 441 g/mol. The van der Waals surface area contributed by atoms with Gasteiger partial charge in [0.25, 0.3) is 0 Å². The van der Waals surface area contributed by atoms with Crippen molar-refractivity contribution in [1.29, 1.82) is 0 Å². The van der Waals surface area contributed by atoms with Gasteiger partial charge in [-0.25, -0.2) is 9.97 Å². The van der Waals surface area contributed by atoms with Crippen molar-refractivity contribution >= 4 is 33.6 Å². The molecule has 124 valence electrons. The van der Waals surface area contributed by atoms with Crippen LogP contribution in [0.15, 0.2) is 55.4 Å². The summed E-state index contributed by atoms with van der Waals surface area (Å²) in [5.74, 6) is 1.03. The van der Waals surface area contributed by atoms with Gasteiger partial charge in [0, 0.05) is 40.0 Å². The van der Waals surface area contributed by atoms with E-state index in [1.54, 1.807) is 6.20 Å². The molecule has 25 heavy (non-hydrogen) atoms. The zero-order valence-corrected chi connectivity index (χ0v) is 15.7. The van der Waals surface area contributed by atoms with Crippen molar-refractivity contribution in [2.24, 2.45) is 0 Å². The molecule has 0 N–H and O–H groups in total. The second-order valence-corrected chi connectivity index (χ2v) is 7.73. The molecule has 6 heteroatoms. The lowest BCUT2D eigenvalue weighted by Crippen LogP contribution is -2.01. The molecule has 3 aromatic heterocycles. The number of nitrogens with zero attached hydrogens (tertiary/aromatic N) is 5. The predicted molar refractivity (Wildman–Crippen MR) is 105 cm³/mol. The van der Waals surface area contributed by atoms with Crippen molar-refractivity contribution in [3.8, 4) is 11.4 Å². The highest BCUT2D eigenvalue weighted by atomic mass is 127. The maximum Gasteiger partial charge on any atom is 0.142 e. The molecule has 0 radical (unpaired) electrons. The Balaban J connectivity index is 1.62. The van der Waals surface area contributed by atoms with E-state index in [1.807, 2.05) is 29.5 Å². The Hall–Kier alpha value is -2.22. The molecule has 5 rings (SSSR count). The molecule has 1 aliphatic carbocycles. The fraction of sp³-hybridized carbons (Fsp3) is 0.211. The number of aromatic nitrogens is 5. The fourth-order valence-electron chi connectivity index (χ4n) is 3.26. The van der Waals surface area contributed by atoms with Gasteiger partial charge in [-0.2, -0.15) is 0 Å². The van der Waals surface area contributed by atoms with Gasteiger partial charge in [0.1, 0.15) is 5.82 Å². The third kappa shape index (κ3) is 2.84. The minimum absolute atomic E-state index is 0.565. The standard InChI is InChI=1S/C19H16IN5/c20-15-1-4-17-18(8-15)25(16-2-3-16)19(23-17)14-7-13(9-22-10-14)11-24-6-5-21-12-24/h1,4-10,12,16H,2-3,11H2. The van der Waals surface area contributed by atoms with E-state index in [4.69, 9.17) is 4.98 Å². The highest BCUT2D eigenvalue weighted by Crippen LogP contribution is 2.41. The molecular weight excluding hydrogens is 425 g/mol. The molecule has 0 saturated heterocycles. The maximum atomic E-state index is 4.92. The number of benzene rings is 1. The Morgan fingerprint density at radius 3 is 2.84 bits per heavy atom. The minimum atomic E-state index is 0.565. The lowest BCUT2D eigenvalue weighted by Gasteiger charge is -2.09. The zero-order chi connectivity index (χ0) is 16.8. The van der Waals surface area contributed by atoms with Crippen LogP contribution in [-0.4, -0.2) is 24.1 Å². The molecule has 5 nitrogen and oxygen atoms in total. The molecule has 1 saturated carbocycles. The van der Waals surface area contributed by atoms with E-state index in [0.717, 1.165) is 29.0 Å². The fourth-order valence-corrected chi connectivity index (χ4v) is 3.73. The third-order valence-corrected chi connectivity index (χ3v) is 5.21. The zero-order valence-electron chi connectivity index (χ0n) is 13.5. The largest absolute Gasteiger partial charge is 0.333 e.